The maximum Gasteiger partial charge on any atom is 0.321 e. The van der Waals surface area contributed by atoms with Gasteiger partial charge in [0, 0.05) is 19.6 Å². The van der Waals surface area contributed by atoms with Crippen molar-refractivity contribution in [1.82, 2.24) is 24.8 Å². The van der Waals surface area contributed by atoms with E-state index in [9.17, 15) is 9.90 Å². The quantitative estimate of drug-likeness (QED) is 0.632. The number of hydrogen-bond donors (Lipinski definition) is 2. The maximum absolute atomic E-state index is 12.0. The van der Waals surface area contributed by atoms with Crippen LogP contribution >= 0.6 is 11.3 Å². The summed E-state index contributed by atoms with van der Waals surface area (Å²) in [4.78, 5) is 34.3. The minimum atomic E-state index is -0.965. The van der Waals surface area contributed by atoms with Gasteiger partial charge in [-0.2, -0.15) is 15.0 Å². The van der Waals surface area contributed by atoms with Crippen LogP contribution in [0.25, 0.3) is 10.7 Å². The molecule has 0 radical (unpaired) electrons. The Morgan fingerprint density at radius 3 is 2.78 bits per heavy atom. The molecule has 4 rings (SSSR count). The Morgan fingerprint density at radius 2 is 2.12 bits per heavy atom. The second kappa shape index (κ2) is 9.92. The summed E-state index contributed by atoms with van der Waals surface area (Å²) in [6.07, 6.45) is 2.29. The van der Waals surface area contributed by atoms with E-state index in [1.54, 1.807) is 11.1 Å². The molecule has 3 N–H and O–H groups in total. The highest BCUT2D eigenvalue weighted by Gasteiger charge is 2.27. The number of morpholine rings is 1. The number of ether oxygens (including phenoxy) is 2. The van der Waals surface area contributed by atoms with Gasteiger partial charge in [-0.05, 0) is 32.6 Å². The van der Waals surface area contributed by atoms with E-state index in [1.807, 2.05) is 0 Å². The van der Waals surface area contributed by atoms with Gasteiger partial charge in [-0.3, -0.25) is 4.79 Å². The van der Waals surface area contributed by atoms with Crippen molar-refractivity contribution in [1.29, 1.82) is 0 Å². The van der Waals surface area contributed by atoms with E-state index in [2.05, 4.69) is 31.8 Å². The number of rotatable bonds is 6. The van der Waals surface area contributed by atoms with Gasteiger partial charge in [-0.15, -0.1) is 0 Å². The Morgan fingerprint density at radius 1 is 1.34 bits per heavy atom. The minimum absolute atomic E-state index is 0.133. The molecule has 2 aliphatic rings. The Hall–Kier alpha value is -2.57. The standard InChI is InChI=1S/C20H29N7O4S/c1-12-10-30-8-7-27(12)19-23-16(15-9-22-18(21)32-15)24-20(25-19)31-11-14-3-5-26(6-4-14)17(29)13(2)28/h9,12-14,28H,3-8,10-11H2,1-2H3,(H2,21,22). The van der Waals surface area contributed by atoms with Gasteiger partial charge in [0.25, 0.3) is 5.91 Å². The average Bonchev–Trinajstić information content (AvgIpc) is 3.24. The molecule has 2 atom stereocenters. The number of aliphatic hydroxyl groups is 1. The lowest BCUT2D eigenvalue weighted by Gasteiger charge is -2.33. The molecule has 32 heavy (non-hydrogen) atoms. The van der Waals surface area contributed by atoms with Gasteiger partial charge < -0.3 is 30.1 Å². The molecule has 2 aromatic heterocycles. The van der Waals surface area contributed by atoms with Crippen LogP contribution in [0.4, 0.5) is 11.1 Å². The lowest BCUT2D eigenvalue weighted by Crippen LogP contribution is -2.44. The Bertz CT molecular complexity index is 932. The molecule has 2 aromatic rings. The van der Waals surface area contributed by atoms with Gasteiger partial charge in [0.15, 0.2) is 11.0 Å². The van der Waals surface area contributed by atoms with Gasteiger partial charge >= 0.3 is 6.01 Å². The van der Waals surface area contributed by atoms with Crippen LogP contribution in [0, 0.1) is 5.92 Å². The van der Waals surface area contributed by atoms with Crippen LogP contribution in [0.2, 0.25) is 0 Å². The topological polar surface area (TPSA) is 140 Å². The highest BCUT2D eigenvalue weighted by atomic mass is 32.1. The molecule has 0 bridgehead atoms. The molecule has 2 fully saturated rings. The Labute approximate surface area is 190 Å². The number of nitrogen functional groups attached to an aromatic ring is 1. The number of carbonyl (C=O) groups is 1. The molecule has 1 amide bonds. The summed E-state index contributed by atoms with van der Waals surface area (Å²) in [7, 11) is 0. The number of nitrogens with zero attached hydrogens (tertiary/aromatic N) is 6. The van der Waals surface area contributed by atoms with Crippen molar-refractivity contribution < 1.29 is 19.4 Å². The maximum atomic E-state index is 12.0. The highest BCUT2D eigenvalue weighted by molar-refractivity contribution is 7.18. The Kier molecular flexibility index (Phi) is 7.01. The summed E-state index contributed by atoms with van der Waals surface area (Å²) in [5.41, 5.74) is 5.80. The third-order valence-corrected chi connectivity index (χ3v) is 6.53. The first-order valence-electron chi connectivity index (χ1n) is 10.8. The first-order chi connectivity index (χ1) is 15.4. The lowest BCUT2D eigenvalue weighted by atomic mass is 9.97. The van der Waals surface area contributed by atoms with E-state index in [0.717, 1.165) is 17.7 Å². The number of carbonyl (C=O) groups excluding carboxylic acids is 1. The van der Waals surface area contributed by atoms with Crippen LogP contribution in [-0.2, 0) is 9.53 Å². The molecule has 0 saturated carbocycles. The van der Waals surface area contributed by atoms with Gasteiger partial charge in [-0.25, -0.2) is 4.98 Å². The first kappa shape index (κ1) is 22.6. The molecule has 11 nitrogen and oxygen atoms in total. The second-order valence-electron chi connectivity index (χ2n) is 8.18. The molecule has 174 valence electrons. The Balaban J connectivity index is 1.47. The van der Waals surface area contributed by atoms with Crippen LogP contribution < -0.4 is 15.4 Å². The fourth-order valence-corrected chi connectivity index (χ4v) is 4.46. The third-order valence-electron chi connectivity index (χ3n) is 5.70. The van der Waals surface area contributed by atoms with E-state index in [0.29, 0.717) is 56.4 Å². The predicted molar refractivity (Wildman–Crippen MR) is 119 cm³/mol. The number of thiazole rings is 1. The van der Waals surface area contributed by atoms with E-state index in [1.165, 1.54) is 18.3 Å². The first-order valence-corrected chi connectivity index (χ1v) is 11.6. The molecular weight excluding hydrogens is 434 g/mol. The van der Waals surface area contributed by atoms with E-state index < -0.39 is 6.10 Å². The molecule has 12 heteroatoms. The second-order valence-corrected chi connectivity index (χ2v) is 9.24. The summed E-state index contributed by atoms with van der Waals surface area (Å²) >= 11 is 1.31. The van der Waals surface area contributed by atoms with Crippen molar-refractivity contribution in [3.63, 3.8) is 0 Å². The number of aromatic nitrogens is 4. The van der Waals surface area contributed by atoms with Gasteiger partial charge in [0.1, 0.15) is 6.10 Å². The summed E-state index contributed by atoms with van der Waals surface area (Å²) in [6, 6.07) is 0.396. The molecule has 0 spiro atoms. The van der Waals surface area contributed by atoms with Crippen molar-refractivity contribution in [3.05, 3.63) is 6.20 Å². The van der Waals surface area contributed by atoms with Crippen molar-refractivity contribution in [3.8, 4) is 16.7 Å². The number of amides is 1. The van der Waals surface area contributed by atoms with Crippen molar-refractivity contribution in [2.24, 2.45) is 5.92 Å². The third kappa shape index (κ3) is 5.25. The van der Waals surface area contributed by atoms with Crippen molar-refractivity contribution >= 4 is 28.3 Å². The minimum Gasteiger partial charge on any atom is -0.463 e. The zero-order chi connectivity index (χ0) is 22.7. The number of nitrogens with two attached hydrogens (primary N) is 1. The lowest BCUT2D eigenvalue weighted by molar-refractivity contribution is -0.140. The zero-order valence-corrected chi connectivity index (χ0v) is 19.1. The summed E-state index contributed by atoms with van der Waals surface area (Å²) < 4.78 is 11.5. The smallest absolute Gasteiger partial charge is 0.321 e. The molecule has 2 aliphatic heterocycles. The average molecular weight is 464 g/mol. The molecular formula is C20H29N7O4S. The van der Waals surface area contributed by atoms with E-state index in [4.69, 9.17) is 15.2 Å². The van der Waals surface area contributed by atoms with E-state index >= 15 is 0 Å². The van der Waals surface area contributed by atoms with Crippen LogP contribution in [0.3, 0.4) is 0 Å². The number of likely N-dealkylation sites (tertiary alicyclic amines) is 1. The summed E-state index contributed by atoms with van der Waals surface area (Å²) in [6.45, 7) is 7.13. The SMILES string of the molecule is CC(O)C(=O)N1CCC(COc2nc(-c3cnc(N)s3)nc(N3CCOCC3C)n2)CC1. The molecule has 2 saturated heterocycles. The van der Waals surface area contributed by atoms with E-state index in [-0.39, 0.29) is 23.9 Å². The van der Waals surface area contributed by atoms with Crippen molar-refractivity contribution in [2.75, 3.05) is 50.1 Å². The fourth-order valence-electron chi connectivity index (χ4n) is 3.84. The fraction of sp³-hybridized carbons (Fsp3) is 0.650. The number of piperidine rings is 1. The van der Waals surface area contributed by atoms with Gasteiger partial charge in [-0.1, -0.05) is 11.3 Å². The number of hydrogen-bond acceptors (Lipinski definition) is 11. The largest absolute Gasteiger partial charge is 0.463 e. The molecule has 0 aliphatic carbocycles. The summed E-state index contributed by atoms with van der Waals surface area (Å²) in [5, 5.41) is 9.95. The monoisotopic (exact) mass is 463 g/mol. The number of aliphatic hydroxyl groups excluding tert-OH is 1. The number of anilines is 2. The summed E-state index contributed by atoms with van der Waals surface area (Å²) in [5.74, 6) is 1.08. The highest BCUT2D eigenvalue weighted by Crippen LogP contribution is 2.28. The van der Waals surface area contributed by atoms with Crippen LogP contribution in [0.5, 0.6) is 6.01 Å². The normalized spacial score (nSPS) is 20.9. The van der Waals surface area contributed by atoms with Crippen molar-refractivity contribution in [2.45, 2.75) is 38.8 Å². The predicted octanol–water partition coefficient (Wildman–Crippen LogP) is 0.801. The van der Waals surface area contributed by atoms with Crippen LogP contribution in [0.15, 0.2) is 6.20 Å². The molecule has 4 heterocycles. The molecule has 2 unspecified atom stereocenters. The van der Waals surface area contributed by atoms with Crippen LogP contribution in [-0.4, -0.2) is 87.5 Å². The van der Waals surface area contributed by atoms with Gasteiger partial charge in [0.05, 0.1) is 36.9 Å². The molecule has 0 aromatic carbocycles. The van der Waals surface area contributed by atoms with Gasteiger partial charge in [0.2, 0.25) is 5.95 Å². The van der Waals surface area contributed by atoms with Crippen LogP contribution in [0.1, 0.15) is 26.7 Å². The zero-order valence-electron chi connectivity index (χ0n) is 18.3.